The Morgan fingerprint density at radius 1 is 1.21 bits per heavy atom. The highest BCUT2D eigenvalue weighted by Crippen LogP contribution is 2.68. The summed E-state index contributed by atoms with van der Waals surface area (Å²) in [4.78, 5) is 30.6. The molecule has 0 bridgehead atoms. The van der Waals surface area contributed by atoms with Crippen molar-refractivity contribution in [3.05, 3.63) is 71.5 Å². The molecule has 4 aliphatic carbocycles. The third kappa shape index (κ3) is 3.76. The fraction of sp³-hybridized carbons (Fsp3) is 0.500. The van der Waals surface area contributed by atoms with E-state index in [0.717, 1.165) is 48.7 Å². The highest BCUT2D eigenvalue weighted by Gasteiger charge is 2.70. The van der Waals surface area contributed by atoms with Gasteiger partial charge in [-0.25, -0.2) is 14.5 Å². The van der Waals surface area contributed by atoms with Crippen molar-refractivity contribution in [3.8, 4) is 5.69 Å². The normalized spacial score (nSPS) is 34.9. The summed E-state index contributed by atoms with van der Waals surface area (Å²) < 4.78 is 26.7. The van der Waals surface area contributed by atoms with Crippen molar-refractivity contribution >= 4 is 28.9 Å². The quantitative estimate of drug-likeness (QED) is 0.307. The third-order valence-electron chi connectivity index (χ3n) is 11.0. The Hall–Kier alpha value is -3.24. The second kappa shape index (κ2) is 9.64. The van der Waals surface area contributed by atoms with Gasteiger partial charge in [0.15, 0.2) is 5.60 Å². The number of halogens is 1. The molecule has 10 heteroatoms. The van der Waals surface area contributed by atoms with Gasteiger partial charge in [-0.15, -0.1) is 0 Å². The molecule has 42 heavy (non-hydrogen) atoms. The summed E-state index contributed by atoms with van der Waals surface area (Å²) in [6.45, 7) is 4.30. The summed E-state index contributed by atoms with van der Waals surface area (Å²) in [5.41, 5.74) is 1.69. The fourth-order valence-electron chi connectivity index (χ4n) is 9.18. The number of esters is 1. The van der Waals surface area contributed by atoms with E-state index in [-0.39, 0.29) is 34.0 Å². The molecule has 7 atom stereocenters. The predicted molar refractivity (Wildman–Crippen MR) is 154 cm³/mol. The van der Waals surface area contributed by atoms with Crippen LogP contribution in [0.4, 0.5) is 4.39 Å². The lowest BCUT2D eigenvalue weighted by Gasteiger charge is -2.60. The van der Waals surface area contributed by atoms with E-state index in [1.807, 2.05) is 17.8 Å². The number of carbonyl (C=O) groups excluding carboxylic acids is 2. The van der Waals surface area contributed by atoms with E-state index in [1.165, 1.54) is 24.1 Å². The van der Waals surface area contributed by atoms with E-state index in [2.05, 4.69) is 23.1 Å². The van der Waals surface area contributed by atoms with E-state index in [4.69, 9.17) is 9.15 Å². The van der Waals surface area contributed by atoms with Gasteiger partial charge in [-0.3, -0.25) is 4.79 Å². The van der Waals surface area contributed by atoms with Crippen molar-refractivity contribution in [2.24, 2.45) is 28.6 Å². The monoisotopic (exact) mass is 591 g/mol. The fourth-order valence-corrected chi connectivity index (χ4v) is 9.89. The molecule has 0 amide bonds. The van der Waals surface area contributed by atoms with Crippen LogP contribution in [0.3, 0.4) is 0 Å². The zero-order valence-corrected chi connectivity index (χ0v) is 24.7. The molecule has 1 N–H and O–H groups in total. The number of nitrogens with zero attached hydrogens (tertiary/aromatic N) is 3. The number of pyridine rings is 1. The average Bonchev–Trinajstić information content (AvgIpc) is 3.70. The SMILES string of the molecule is CSC(=O)[C@@]1(OC(=O)c2ccco2)CC[C@H]2[C@@H]3CCC4=Cc5c(cnn5-c5ccc(F)nc5)C[C@]4(C)[C@H]3[C@@H](O)C[C@@]21C. The molecular weight excluding hydrogens is 557 g/mol. The van der Waals surface area contributed by atoms with E-state index < -0.39 is 29.0 Å². The minimum atomic E-state index is -1.34. The molecule has 3 fully saturated rings. The Kier molecular flexibility index (Phi) is 6.33. The summed E-state index contributed by atoms with van der Waals surface area (Å²) in [6.07, 6.45) is 12.0. The molecule has 0 unspecified atom stereocenters. The number of fused-ring (bicyclic) bond motifs is 6. The van der Waals surface area contributed by atoms with Gasteiger partial charge in [0.05, 0.1) is 36.1 Å². The molecule has 8 nitrogen and oxygen atoms in total. The first-order valence-corrected chi connectivity index (χ1v) is 15.8. The number of thioether (sulfide) groups is 1. The molecule has 7 rings (SSSR count). The molecular formula is C32H34FN3O5S. The molecule has 0 spiro atoms. The lowest BCUT2D eigenvalue weighted by atomic mass is 9.45. The van der Waals surface area contributed by atoms with Crippen molar-refractivity contribution < 1.29 is 28.2 Å². The standard InChI is InChI=1S/C32H34FN3O5S/c1-30-14-18-16-35-36(20-7-9-26(33)34-17-20)23(18)13-19(30)6-8-21-22-10-11-32(29(39)42-3,31(22,2)15-24(37)27(21)30)41-28(38)25-5-4-12-40-25/h4-5,7,9,12-13,16-17,21-22,24,27,37H,6,8,10-11,14-15H2,1-3H3/t21-,22-,24-,27+,30-,31-,32-/m0/s1. The molecule has 0 aromatic carbocycles. The smallest absolute Gasteiger partial charge is 0.375 e. The second-order valence-corrected chi connectivity index (χ2v) is 13.6. The number of aliphatic hydroxyl groups excluding tert-OH is 1. The van der Waals surface area contributed by atoms with Gasteiger partial charge in [-0.2, -0.15) is 9.49 Å². The van der Waals surface area contributed by atoms with Crippen LogP contribution in [-0.4, -0.2) is 48.9 Å². The van der Waals surface area contributed by atoms with Crippen molar-refractivity contribution in [2.45, 2.75) is 64.1 Å². The molecule has 220 valence electrons. The van der Waals surface area contributed by atoms with Crippen molar-refractivity contribution in [1.29, 1.82) is 0 Å². The van der Waals surface area contributed by atoms with Crippen LogP contribution >= 0.6 is 11.8 Å². The Bertz CT molecular complexity index is 1590. The first kappa shape index (κ1) is 27.6. The number of carbonyl (C=O) groups is 2. The van der Waals surface area contributed by atoms with Gasteiger partial charge in [0.25, 0.3) is 0 Å². The number of hydrogen-bond donors (Lipinski definition) is 1. The van der Waals surface area contributed by atoms with Gasteiger partial charge >= 0.3 is 5.97 Å². The highest BCUT2D eigenvalue weighted by molar-refractivity contribution is 8.13. The topological polar surface area (TPSA) is 107 Å². The van der Waals surface area contributed by atoms with Gasteiger partial charge in [0.2, 0.25) is 16.8 Å². The maximum atomic E-state index is 13.7. The largest absolute Gasteiger partial charge is 0.457 e. The minimum absolute atomic E-state index is 0.0134. The molecule has 3 aromatic heterocycles. The summed E-state index contributed by atoms with van der Waals surface area (Å²) in [5, 5.41) is 16.5. The zero-order valence-electron chi connectivity index (χ0n) is 23.9. The van der Waals surface area contributed by atoms with Gasteiger partial charge in [-0.1, -0.05) is 31.2 Å². The summed E-state index contributed by atoms with van der Waals surface area (Å²) >= 11 is 1.08. The Morgan fingerprint density at radius 3 is 2.76 bits per heavy atom. The maximum absolute atomic E-state index is 13.7. The van der Waals surface area contributed by atoms with E-state index >= 15 is 0 Å². The Balaban J connectivity index is 1.23. The highest BCUT2D eigenvalue weighted by atomic mass is 32.2. The Labute approximate surface area is 247 Å². The zero-order chi connectivity index (χ0) is 29.4. The van der Waals surface area contributed by atoms with E-state index in [9.17, 15) is 19.1 Å². The van der Waals surface area contributed by atoms with Crippen LogP contribution in [0.25, 0.3) is 11.8 Å². The van der Waals surface area contributed by atoms with Gasteiger partial charge < -0.3 is 14.3 Å². The van der Waals surface area contributed by atoms with Crippen LogP contribution in [-0.2, 0) is 16.0 Å². The number of rotatable bonds is 4. The summed E-state index contributed by atoms with van der Waals surface area (Å²) in [7, 11) is 0. The van der Waals surface area contributed by atoms with Crippen molar-refractivity contribution in [2.75, 3.05) is 6.26 Å². The molecule has 3 saturated carbocycles. The average molecular weight is 592 g/mol. The van der Waals surface area contributed by atoms with E-state index in [0.29, 0.717) is 18.5 Å². The first-order valence-electron chi connectivity index (χ1n) is 14.5. The second-order valence-electron chi connectivity index (χ2n) is 12.8. The van der Waals surface area contributed by atoms with Crippen LogP contribution in [0.5, 0.6) is 0 Å². The number of aliphatic hydroxyl groups is 1. The van der Waals surface area contributed by atoms with Gasteiger partial charge in [0, 0.05) is 5.41 Å². The number of ether oxygens (including phenoxy) is 1. The predicted octanol–water partition coefficient (Wildman–Crippen LogP) is 5.64. The summed E-state index contributed by atoms with van der Waals surface area (Å²) in [6, 6.07) is 6.17. The van der Waals surface area contributed by atoms with Crippen LogP contribution in [0, 0.1) is 34.5 Å². The molecule has 3 aromatic rings. The lowest BCUT2D eigenvalue weighted by molar-refractivity contribution is -0.175. The van der Waals surface area contributed by atoms with Crippen LogP contribution in [0.15, 0.2) is 52.9 Å². The van der Waals surface area contributed by atoms with Gasteiger partial charge in [0.1, 0.15) is 0 Å². The molecule has 0 aliphatic heterocycles. The van der Waals surface area contributed by atoms with Crippen molar-refractivity contribution in [1.82, 2.24) is 14.8 Å². The van der Waals surface area contributed by atoms with Crippen molar-refractivity contribution in [3.63, 3.8) is 0 Å². The number of aromatic nitrogens is 3. The number of furan rings is 1. The molecule has 0 saturated heterocycles. The number of hydrogen-bond acceptors (Lipinski definition) is 8. The van der Waals surface area contributed by atoms with Crippen LogP contribution < -0.4 is 0 Å². The minimum Gasteiger partial charge on any atom is -0.457 e. The molecule has 3 heterocycles. The first-order chi connectivity index (χ1) is 20.1. The van der Waals surface area contributed by atoms with E-state index in [1.54, 1.807) is 24.5 Å². The lowest BCUT2D eigenvalue weighted by Crippen LogP contribution is -2.62. The van der Waals surface area contributed by atoms with Crippen LogP contribution in [0.1, 0.15) is 67.8 Å². The molecule has 0 radical (unpaired) electrons. The van der Waals surface area contributed by atoms with Crippen LogP contribution in [0.2, 0.25) is 0 Å². The Morgan fingerprint density at radius 2 is 2.05 bits per heavy atom. The van der Waals surface area contributed by atoms with Gasteiger partial charge in [-0.05, 0) is 104 Å². The molecule has 4 aliphatic rings. The number of allylic oxidation sites excluding steroid dienone is 1. The maximum Gasteiger partial charge on any atom is 0.375 e. The summed E-state index contributed by atoms with van der Waals surface area (Å²) in [5.74, 6) is -0.847. The third-order valence-corrected chi connectivity index (χ3v) is 11.7.